The van der Waals surface area contributed by atoms with Gasteiger partial charge in [0.2, 0.25) is 11.8 Å². The van der Waals surface area contributed by atoms with Crippen LogP contribution in [-0.2, 0) is 9.53 Å². The first-order valence-electron chi connectivity index (χ1n) is 9.23. The summed E-state index contributed by atoms with van der Waals surface area (Å²) in [5, 5.41) is 11.5. The first-order valence-corrected chi connectivity index (χ1v) is 10.6. The molecule has 10 heteroatoms. The van der Waals surface area contributed by atoms with E-state index >= 15 is 0 Å². The topological polar surface area (TPSA) is 80.5 Å². The van der Waals surface area contributed by atoms with E-state index in [1.54, 1.807) is 36.4 Å². The van der Waals surface area contributed by atoms with Crippen molar-refractivity contribution in [2.45, 2.75) is 5.22 Å². The van der Waals surface area contributed by atoms with E-state index in [4.69, 9.17) is 20.8 Å². The normalized spacial score (nSPS) is 14.0. The fraction of sp³-hybridized carbons (Fsp3) is 0.250. The molecule has 0 spiro atoms. The summed E-state index contributed by atoms with van der Waals surface area (Å²) in [5.74, 6) is -0.290. The Hall–Kier alpha value is -2.62. The van der Waals surface area contributed by atoms with Crippen molar-refractivity contribution in [1.82, 2.24) is 10.2 Å². The molecule has 1 saturated heterocycles. The van der Waals surface area contributed by atoms with Crippen LogP contribution in [0.1, 0.15) is 0 Å². The summed E-state index contributed by atoms with van der Waals surface area (Å²) in [4.78, 5) is 14.1. The minimum atomic E-state index is -0.383. The number of carbonyl (C=O) groups is 1. The van der Waals surface area contributed by atoms with Gasteiger partial charge in [-0.3, -0.25) is 4.79 Å². The highest BCUT2D eigenvalue weighted by atomic mass is 35.5. The molecule has 0 radical (unpaired) electrons. The number of hydrogen-bond donors (Lipinski definition) is 1. The van der Waals surface area contributed by atoms with E-state index in [9.17, 15) is 9.18 Å². The van der Waals surface area contributed by atoms with Crippen molar-refractivity contribution in [2.75, 3.05) is 42.3 Å². The van der Waals surface area contributed by atoms with Gasteiger partial charge in [0.1, 0.15) is 5.82 Å². The molecule has 0 unspecified atom stereocenters. The van der Waals surface area contributed by atoms with Crippen molar-refractivity contribution in [1.29, 1.82) is 0 Å². The number of rotatable bonds is 6. The summed E-state index contributed by atoms with van der Waals surface area (Å²) in [5.41, 5.74) is 1.63. The molecule has 156 valence electrons. The van der Waals surface area contributed by atoms with Crippen LogP contribution in [0.15, 0.2) is 52.1 Å². The number of amides is 1. The van der Waals surface area contributed by atoms with Gasteiger partial charge in [-0.1, -0.05) is 23.4 Å². The van der Waals surface area contributed by atoms with Gasteiger partial charge < -0.3 is 19.4 Å². The highest BCUT2D eigenvalue weighted by molar-refractivity contribution is 7.99. The zero-order valence-corrected chi connectivity index (χ0v) is 17.4. The highest BCUT2D eigenvalue weighted by Crippen LogP contribution is 2.26. The molecule has 0 bridgehead atoms. The van der Waals surface area contributed by atoms with Crippen molar-refractivity contribution >= 4 is 40.6 Å². The number of benzene rings is 2. The molecule has 1 aliphatic rings. The Morgan fingerprint density at radius 3 is 2.67 bits per heavy atom. The Morgan fingerprint density at radius 2 is 1.93 bits per heavy atom. The standard InChI is InChI=1S/C20H18ClFN4O3S/c21-14-3-1-13(2-4-14)19-24-25-20(29-19)30-12-18(27)23-15-5-6-17(16(22)11-15)26-7-9-28-10-8-26/h1-6,11H,7-10,12H2,(H,23,27). The second kappa shape index (κ2) is 9.46. The van der Waals surface area contributed by atoms with Crippen LogP contribution in [0.2, 0.25) is 5.02 Å². The van der Waals surface area contributed by atoms with Gasteiger partial charge in [0, 0.05) is 29.4 Å². The lowest BCUT2D eigenvalue weighted by atomic mass is 10.2. The van der Waals surface area contributed by atoms with E-state index in [-0.39, 0.29) is 22.7 Å². The maximum atomic E-state index is 14.4. The fourth-order valence-electron chi connectivity index (χ4n) is 2.95. The summed E-state index contributed by atoms with van der Waals surface area (Å²) in [6.07, 6.45) is 0. The van der Waals surface area contributed by atoms with Crippen LogP contribution in [0.5, 0.6) is 0 Å². The lowest BCUT2D eigenvalue weighted by molar-refractivity contribution is -0.113. The number of thioether (sulfide) groups is 1. The summed E-state index contributed by atoms with van der Waals surface area (Å²) in [6.45, 7) is 2.43. The second-order valence-electron chi connectivity index (χ2n) is 6.48. The summed E-state index contributed by atoms with van der Waals surface area (Å²) < 4.78 is 25.3. The lowest BCUT2D eigenvalue weighted by Gasteiger charge is -2.29. The number of aromatic nitrogens is 2. The van der Waals surface area contributed by atoms with Crippen LogP contribution in [0.25, 0.3) is 11.5 Å². The number of carbonyl (C=O) groups excluding carboxylic acids is 1. The first kappa shape index (κ1) is 20.6. The van der Waals surface area contributed by atoms with Crippen LogP contribution in [0, 0.1) is 5.82 Å². The average Bonchev–Trinajstić information content (AvgIpc) is 3.23. The van der Waals surface area contributed by atoms with Gasteiger partial charge >= 0.3 is 0 Å². The molecular weight excluding hydrogens is 431 g/mol. The lowest BCUT2D eigenvalue weighted by Crippen LogP contribution is -2.36. The van der Waals surface area contributed by atoms with Gasteiger partial charge in [-0.2, -0.15) is 0 Å². The Labute approximate surface area is 181 Å². The summed E-state index contributed by atoms with van der Waals surface area (Å²) >= 11 is 6.97. The van der Waals surface area contributed by atoms with Crippen molar-refractivity contribution in [2.24, 2.45) is 0 Å². The number of nitrogens with one attached hydrogen (secondary N) is 1. The SMILES string of the molecule is O=C(CSc1nnc(-c2ccc(Cl)cc2)o1)Nc1ccc(N2CCOCC2)c(F)c1. The number of ether oxygens (including phenoxy) is 1. The van der Waals surface area contributed by atoms with E-state index in [1.165, 1.54) is 6.07 Å². The Morgan fingerprint density at radius 1 is 1.17 bits per heavy atom. The van der Waals surface area contributed by atoms with E-state index in [1.807, 2.05) is 4.90 Å². The smallest absolute Gasteiger partial charge is 0.277 e. The van der Waals surface area contributed by atoms with Gasteiger partial charge in [-0.25, -0.2) is 4.39 Å². The number of hydrogen-bond acceptors (Lipinski definition) is 7. The van der Waals surface area contributed by atoms with Gasteiger partial charge in [0.15, 0.2) is 0 Å². The van der Waals surface area contributed by atoms with Gasteiger partial charge in [0.25, 0.3) is 5.22 Å². The molecular formula is C20H18ClFN4O3S. The molecule has 2 aromatic carbocycles. The van der Waals surface area contributed by atoms with Crippen LogP contribution in [0.4, 0.5) is 15.8 Å². The molecule has 7 nitrogen and oxygen atoms in total. The van der Waals surface area contributed by atoms with Gasteiger partial charge in [-0.05, 0) is 42.5 Å². The van der Waals surface area contributed by atoms with Gasteiger partial charge in [-0.15, -0.1) is 10.2 Å². The van der Waals surface area contributed by atoms with Crippen LogP contribution in [0.3, 0.4) is 0 Å². The molecule has 4 rings (SSSR count). The minimum Gasteiger partial charge on any atom is -0.411 e. The highest BCUT2D eigenvalue weighted by Gasteiger charge is 2.16. The fourth-order valence-corrected chi connectivity index (χ4v) is 3.64. The van der Waals surface area contributed by atoms with E-state index in [2.05, 4.69) is 15.5 Å². The van der Waals surface area contributed by atoms with Crippen LogP contribution >= 0.6 is 23.4 Å². The number of nitrogens with zero attached hydrogens (tertiary/aromatic N) is 3. The molecule has 1 amide bonds. The maximum absolute atomic E-state index is 14.4. The quantitative estimate of drug-likeness (QED) is 0.568. The Balaban J connectivity index is 1.32. The van der Waals surface area contributed by atoms with Crippen molar-refractivity contribution in [3.05, 3.63) is 53.3 Å². The average molecular weight is 449 g/mol. The van der Waals surface area contributed by atoms with E-state index in [0.717, 1.165) is 17.3 Å². The third-order valence-electron chi connectivity index (χ3n) is 4.41. The zero-order valence-electron chi connectivity index (χ0n) is 15.8. The maximum Gasteiger partial charge on any atom is 0.277 e. The first-order chi connectivity index (χ1) is 14.6. The molecule has 0 saturated carbocycles. The number of anilines is 2. The molecule has 30 heavy (non-hydrogen) atoms. The van der Waals surface area contributed by atoms with Crippen LogP contribution in [-0.4, -0.2) is 48.2 Å². The van der Waals surface area contributed by atoms with Crippen molar-refractivity contribution in [3.8, 4) is 11.5 Å². The Bertz CT molecular complexity index is 1030. The summed E-state index contributed by atoms with van der Waals surface area (Å²) in [7, 11) is 0. The molecule has 2 heterocycles. The minimum absolute atomic E-state index is 0.0507. The van der Waals surface area contributed by atoms with Crippen LogP contribution < -0.4 is 10.2 Å². The number of halogens is 2. The summed E-state index contributed by atoms with van der Waals surface area (Å²) in [6, 6.07) is 11.7. The third kappa shape index (κ3) is 5.10. The molecule has 0 atom stereocenters. The van der Waals surface area contributed by atoms with E-state index in [0.29, 0.717) is 48.6 Å². The predicted molar refractivity (Wildman–Crippen MR) is 114 cm³/mol. The Kier molecular flexibility index (Phi) is 6.51. The zero-order chi connectivity index (χ0) is 20.9. The largest absolute Gasteiger partial charge is 0.411 e. The number of morpholine rings is 1. The van der Waals surface area contributed by atoms with Gasteiger partial charge in [0.05, 0.1) is 24.7 Å². The van der Waals surface area contributed by atoms with Crippen molar-refractivity contribution < 1.29 is 18.3 Å². The molecule has 1 aromatic heterocycles. The molecule has 3 aromatic rings. The van der Waals surface area contributed by atoms with E-state index < -0.39 is 0 Å². The molecule has 1 aliphatic heterocycles. The molecule has 1 fully saturated rings. The molecule has 1 N–H and O–H groups in total. The molecule has 0 aliphatic carbocycles. The monoisotopic (exact) mass is 448 g/mol. The third-order valence-corrected chi connectivity index (χ3v) is 5.48. The predicted octanol–water partition coefficient (Wildman–Crippen LogP) is 4.10. The second-order valence-corrected chi connectivity index (χ2v) is 7.85. The van der Waals surface area contributed by atoms with Crippen molar-refractivity contribution in [3.63, 3.8) is 0 Å².